The molecule has 1 saturated heterocycles. The molecule has 2 aliphatic heterocycles. The van der Waals surface area contributed by atoms with Crippen molar-refractivity contribution in [2.24, 2.45) is 5.92 Å². The van der Waals surface area contributed by atoms with Crippen LogP contribution in [0.5, 0.6) is 0 Å². The monoisotopic (exact) mass is 718 g/mol. The molecule has 268 valence electrons. The fourth-order valence-electron chi connectivity index (χ4n) is 8.05. The number of aromatic nitrogens is 3. The van der Waals surface area contributed by atoms with Crippen LogP contribution in [0.1, 0.15) is 52.0 Å². The molecule has 2 amide bonds. The highest BCUT2D eigenvalue weighted by atomic mass is 28.4. The van der Waals surface area contributed by atoms with E-state index in [0.717, 1.165) is 11.1 Å². The van der Waals surface area contributed by atoms with Gasteiger partial charge in [-0.3, -0.25) is 14.3 Å². The van der Waals surface area contributed by atoms with Crippen LogP contribution < -0.4 is 16.0 Å². The topological polar surface area (TPSA) is 136 Å². The van der Waals surface area contributed by atoms with E-state index in [-0.39, 0.29) is 24.3 Å². The Kier molecular flexibility index (Phi) is 9.55. The number of nitrogens with two attached hydrogens (primary N) is 1. The summed E-state index contributed by atoms with van der Waals surface area (Å²) in [5.74, 6) is -1.41. The minimum atomic E-state index is -3.43. The Morgan fingerprint density at radius 2 is 1.73 bits per heavy atom. The number of hydrogen-bond acceptors (Lipinski definition) is 7. The highest BCUT2D eigenvalue weighted by Crippen LogP contribution is 2.60. The maximum absolute atomic E-state index is 16.5. The third-order valence-corrected chi connectivity index (χ3v) is 13.0. The summed E-state index contributed by atoms with van der Waals surface area (Å²) < 4.78 is 25.2. The summed E-state index contributed by atoms with van der Waals surface area (Å²) in [5, 5.41) is 21.8. The molecule has 5 atom stereocenters. The van der Waals surface area contributed by atoms with Gasteiger partial charge in [0.25, 0.3) is 11.8 Å². The third-order valence-electron chi connectivity index (χ3n) is 10.5. The number of aliphatic hydroxyl groups excluding tert-OH is 1. The van der Waals surface area contributed by atoms with E-state index in [4.69, 9.17) is 10.5 Å². The molecule has 52 heavy (non-hydrogen) atoms. The van der Waals surface area contributed by atoms with Crippen LogP contribution in [0.15, 0.2) is 109 Å². The van der Waals surface area contributed by atoms with Crippen molar-refractivity contribution in [1.29, 1.82) is 0 Å². The van der Waals surface area contributed by atoms with E-state index in [1.165, 1.54) is 0 Å². The fraction of sp³-hybridized carbons (Fsp3) is 0.300. The number of ether oxygens (including phenoxy) is 1. The molecule has 0 aliphatic carbocycles. The number of hydrogen-bond donors (Lipinski definition) is 3. The van der Waals surface area contributed by atoms with Crippen molar-refractivity contribution in [2.45, 2.75) is 62.7 Å². The summed E-state index contributed by atoms with van der Waals surface area (Å²) in [5.41, 5.74) is 9.10. The second kappa shape index (κ2) is 14.1. The fourth-order valence-corrected chi connectivity index (χ4v) is 10.6. The largest absolute Gasteiger partial charge is 0.399 e. The Hall–Kier alpha value is -5.17. The van der Waals surface area contributed by atoms with Crippen molar-refractivity contribution in [2.75, 3.05) is 22.6 Å². The zero-order chi connectivity index (χ0) is 36.6. The summed E-state index contributed by atoms with van der Waals surface area (Å²) in [6, 6.07) is 31.4. The first-order chi connectivity index (χ1) is 25.0. The number of amides is 2. The lowest BCUT2D eigenvalue weighted by molar-refractivity contribution is -0.146. The maximum Gasteiger partial charge on any atom is 0.264 e. The van der Waals surface area contributed by atoms with Crippen LogP contribution in [0, 0.1) is 5.92 Å². The van der Waals surface area contributed by atoms with Crippen LogP contribution in [-0.2, 0) is 28.2 Å². The van der Waals surface area contributed by atoms with Gasteiger partial charge in [-0.05, 0) is 73.1 Å². The van der Waals surface area contributed by atoms with Gasteiger partial charge in [0.05, 0.1) is 36.6 Å². The molecule has 1 aromatic heterocycles. The first kappa shape index (κ1) is 35.2. The smallest absolute Gasteiger partial charge is 0.264 e. The first-order valence-corrected chi connectivity index (χ1v) is 20.5. The van der Waals surface area contributed by atoms with Gasteiger partial charge in [-0.2, -0.15) is 0 Å². The second-order valence-electron chi connectivity index (χ2n) is 14.3. The van der Waals surface area contributed by atoms with Crippen LogP contribution in [-0.4, -0.2) is 53.0 Å². The molecular weight excluding hydrogens is 676 g/mol. The number of nitrogen functional groups attached to an aromatic ring is 1. The van der Waals surface area contributed by atoms with E-state index < -0.39 is 31.6 Å². The summed E-state index contributed by atoms with van der Waals surface area (Å²) in [6.07, 6.45) is 1.60. The zero-order valence-electron chi connectivity index (χ0n) is 29.4. The molecule has 2 aliphatic rings. The van der Waals surface area contributed by atoms with Gasteiger partial charge in [-0.25, -0.2) is 0 Å². The van der Waals surface area contributed by atoms with Crippen molar-refractivity contribution in [1.82, 2.24) is 15.0 Å². The third kappa shape index (κ3) is 6.53. The average molecular weight is 719 g/mol. The Balaban J connectivity index is 1.21. The van der Waals surface area contributed by atoms with E-state index in [1.54, 1.807) is 59.1 Å². The number of fused-ring (bicyclic) bond motifs is 2. The summed E-state index contributed by atoms with van der Waals surface area (Å²) in [6.45, 7) is 5.83. The molecule has 5 aromatic rings. The first-order valence-electron chi connectivity index (χ1n) is 17.6. The highest BCUT2D eigenvalue weighted by molar-refractivity contribution is 6.72. The predicted molar refractivity (Wildman–Crippen MR) is 201 cm³/mol. The van der Waals surface area contributed by atoms with Crippen molar-refractivity contribution in [3.05, 3.63) is 137 Å². The summed E-state index contributed by atoms with van der Waals surface area (Å²) >= 11 is 0. The van der Waals surface area contributed by atoms with Crippen LogP contribution in [0.3, 0.4) is 0 Å². The van der Waals surface area contributed by atoms with Crippen molar-refractivity contribution in [3.8, 4) is 0 Å². The lowest BCUT2D eigenvalue weighted by atomic mass is 9.82. The Morgan fingerprint density at radius 1 is 1.04 bits per heavy atom. The van der Waals surface area contributed by atoms with Gasteiger partial charge in [0.1, 0.15) is 0 Å². The van der Waals surface area contributed by atoms with E-state index in [1.807, 2.05) is 79.9 Å². The van der Waals surface area contributed by atoms with Crippen molar-refractivity contribution < 1.29 is 23.5 Å². The normalized spacial score (nSPS) is 21.8. The summed E-state index contributed by atoms with van der Waals surface area (Å²) in [4.78, 5) is 29.8. The van der Waals surface area contributed by atoms with Crippen molar-refractivity contribution >= 4 is 37.3 Å². The molecule has 12 heteroatoms. The maximum atomic E-state index is 16.5. The van der Waals surface area contributed by atoms with Gasteiger partial charge in [-0.1, -0.05) is 72.8 Å². The van der Waals surface area contributed by atoms with Crippen LogP contribution in [0.25, 0.3) is 0 Å². The number of benzene rings is 4. The number of halogens is 1. The quantitative estimate of drug-likeness (QED) is 0.0791. The van der Waals surface area contributed by atoms with E-state index in [2.05, 4.69) is 15.6 Å². The number of nitrogens with zero attached hydrogens (tertiary/aromatic N) is 4. The van der Waals surface area contributed by atoms with E-state index >= 15 is 4.11 Å². The molecule has 3 heterocycles. The Bertz CT molecular complexity index is 2060. The van der Waals surface area contributed by atoms with Gasteiger partial charge in [-0.15, -0.1) is 5.10 Å². The molecule has 0 radical (unpaired) electrons. The van der Waals surface area contributed by atoms with Gasteiger partial charge in [0, 0.05) is 46.7 Å². The zero-order valence-corrected chi connectivity index (χ0v) is 30.4. The SMILES string of the molecule is C[C@@H]1[C@@H]([Si](C)(C)F)[C@H](CCn2cc(C(CO)c3ccccc3)nn2)O[C@@]12C(=O)N(Cc1ccccc1)c1ccc(NC(=O)c3ccc(N)cc3)cc12. The molecule has 7 rings (SSSR count). The van der Waals surface area contributed by atoms with Crippen LogP contribution in [0.4, 0.5) is 21.2 Å². The van der Waals surface area contributed by atoms with E-state index in [0.29, 0.717) is 53.4 Å². The number of aliphatic hydroxyl groups is 1. The lowest BCUT2D eigenvalue weighted by Gasteiger charge is -2.31. The number of anilines is 3. The standard InChI is InChI=1S/C40H43FN6O4Si/c1-26-37(52(2,3)41)36(20-21-46-24-34(44-45-46)32(25-48)28-12-8-5-9-13-28)51-40(26)33-22-31(43-38(49)29-14-16-30(42)17-15-29)18-19-35(33)47(39(40)50)23-27-10-6-4-7-11-27/h4-19,22,24,26,32,36-37,48H,20-21,23,25,42H2,1-3H3,(H,43,49)/t26-,32?,36+,37-,40+/m1/s1. The number of carbonyl (C=O) groups excluding carboxylic acids is 2. The van der Waals surface area contributed by atoms with Crippen molar-refractivity contribution in [3.63, 3.8) is 0 Å². The number of nitrogens with one attached hydrogen (secondary N) is 1. The van der Waals surface area contributed by atoms with Gasteiger partial charge in [0.15, 0.2) is 5.60 Å². The Labute approximate surface area is 303 Å². The molecule has 1 unspecified atom stereocenters. The van der Waals surface area contributed by atoms with Crippen LogP contribution in [0.2, 0.25) is 18.6 Å². The number of carbonyl (C=O) groups is 2. The highest BCUT2D eigenvalue weighted by Gasteiger charge is 2.66. The molecule has 0 bridgehead atoms. The minimum Gasteiger partial charge on any atom is -0.399 e. The number of aryl methyl sites for hydroxylation is 1. The van der Waals surface area contributed by atoms with Gasteiger partial charge >= 0.3 is 0 Å². The lowest BCUT2D eigenvalue weighted by Crippen LogP contribution is -2.45. The molecule has 0 saturated carbocycles. The average Bonchev–Trinajstić information content (AvgIpc) is 3.79. The minimum absolute atomic E-state index is 0.123. The molecule has 4 aromatic carbocycles. The molecule has 4 N–H and O–H groups in total. The molecule has 1 fully saturated rings. The van der Waals surface area contributed by atoms with Gasteiger partial charge < -0.3 is 29.9 Å². The van der Waals surface area contributed by atoms with Crippen LogP contribution >= 0.6 is 0 Å². The van der Waals surface area contributed by atoms with Gasteiger partial charge in [0.2, 0.25) is 8.41 Å². The van der Waals surface area contributed by atoms with E-state index in [9.17, 15) is 14.7 Å². The summed E-state index contributed by atoms with van der Waals surface area (Å²) in [7, 11) is -3.43. The Morgan fingerprint density at radius 3 is 2.40 bits per heavy atom. The second-order valence-corrected chi connectivity index (χ2v) is 18.1. The predicted octanol–water partition coefficient (Wildman–Crippen LogP) is 6.65. The number of rotatable bonds is 11. The molecule has 1 spiro atoms. The molecular formula is C40H43FN6O4Si. The molecule has 10 nitrogen and oxygen atoms in total.